The van der Waals surface area contributed by atoms with E-state index in [0.717, 1.165) is 11.1 Å². The van der Waals surface area contributed by atoms with Gasteiger partial charge in [-0.15, -0.1) is 5.10 Å². The number of aromatic nitrogens is 3. The molecule has 3 aromatic rings. The van der Waals surface area contributed by atoms with Crippen molar-refractivity contribution in [2.24, 2.45) is 0 Å². The van der Waals surface area contributed by atoms with E-state index in [1.54, 1.807) is 24.3 Å². The molecule has 0 atom stereocenters. The molecule has 0 saturated carbocycles. The van der Waals surface area contributed by atoms with Crippen molar-refractivity contribution in [3.05, 3.63) is 65.1 Å². The summed E-state index contributed by atoms with van der Waals surface area (Å²) in [6.07, 6.45) is 1.04. The molecule has 1 aromatic heterocycles. The topological polar surface area (TPSA) is 102 Å². The Morgan fingerprint density at radius 3 is 2.68 bits per heavy atom. The Morgan fingerprint density at radius 1 is 1.14 bits per heavy atom. The molecule has 10 heteroatoms. The zero-order chi connectivity index (χ0) is 20.1. The van der Waals surface area contributed by atoms with Crippen molar-refractivity contribution in [1.82, 2.24) is 15.2 Å². The van der Waals surface area contributed by atoms with E-state index in [2.05, 4.69) is 15.0 Å². The van der Waals surface area contributed by atoms with Gasteiger partial charge in [-0.05, 0) is 35.5 Å². The smallest absolute Gasteiger partial charge is 0.377 e. The minimum Gasteiger partial charge on any atom is -0.500 e. The molecule has 3 rings (SSSR count). The molecule has 0 fully saturated rings. The van der Waals surface area contributed by atoms with E-state index in [4.69, 9.17) is 25.9 Å². The van der Waals surface area contributed by atoms with Crippen molar-refractivity contribution in [2.75, 3.05) is 14.2 Å². The Labute approximate surface area is 164 Å². The van der Waals surface area contributed by atoms with Crippen LogP contribution in [0.1, 0.15) is 10.4 Å². The average molecular weight is 404 g/mol. The molecule has 0 N–H and O–H groups in total. The second kappa shape index (κ2) is 8.40. The highest BCUT2D eigenvalue weighted by Gasteiger charge is 2.21. The fourth-order valence-corrected chi connectivity index (χ4v) is 2.41. The van der Waals surface area contributed by atoms with Gasteiger partial charge in [0.25, 0.3) is 0 Å². The Balaban J connectivity index is 1.92. The maximum absolute atomic E-state index is 12.7. The minimum absolute atomic E-state index is 0.00696. The summed E-state index contributed by atoms with van der Waals surface area (Å²) in [5.74, 6) is -1.88. The molecule has 9 nitrogen and oxygen atoms in total. The summed E-state index contributed by atoms with van der Waals surface area (Å²) in [7, 11) is 2.52. The third-order valence-electron chi connectivity index (χ3n) is 3.48. The van der Waals surface area contributed by atoms with Crippen LogP contribution in [0.25, 0.3) is 11.0 Å². The van der Waals surface area contributed by atoms with Gasteiger partial charge in [-0.3, -0.25) is 0 Å². The lowest BCUT2D eigenvalue weighted by atomic mass is 10.2. The molecular formula is C18H14ClN3O6. The van der Waals surface area contributed by atoms with E-state index in [9.17, 15) is 9.59 Å². The van der Waals surface area contributed by atoms with E-state index in [-0.39, 0.29) is 22.1 Å². The van der Waals surface area contributed by atoms with Crippen LogP contribution in [0.5, 0.6) is 5.75 Å². The van der Waals surface area contributed by atoms with Gasteiger partial charge in [0.1, 0.15) is 28.6 Å². The number of fused-ring (bicyclic) bond motifs is 1. The molecule has 0 aliphatic rings. The van der Waals surface area contributed by atoms with E-state index >= 15 is 0 Å². The standard InChI is InChI=1S/C18H14ClN3O6/c1-25-10-16(18(24)26-2)27-15-8-7-11(19)9-12(15)17(23)28-22-14-6-4-3-5-13(14)20-21-22/h3-10H,1-2H3. The lowest BCUT2D eigenvalue weighted by molar-refractivity contribution is -0.138. The molecule has 0 aliphatic heterocycles. The number of ether oxygens (including phenoxy) is 3. The van der Waals surface area contributed by atoms with Crippen molar-refractivity contribution in [1.29, 1.82) is 0 Å². The average Bonchev–Trinajstić information content (AvgIpc) is 3.11. The summed E-state index contributed by atoms with van der Waals surface area (Å²) in [6, 6.07) is 11.2. The summed E-state index contributed by atoms with van der Waals surface area (Å²) in [5, 5.41) is 7.96. The van der Waals surface area contributed by atoms with Gasteiger partial charge >= 0.3 is 11.9 Å². The number of nitrogens with zero attached hydrogens (tertiary/aromatic N) is 3. The van der Waals surface area contributed by atoms with Crippen molar-refractivity contribution in [2.45, 2.75) is 0 Å². The minimum atomic E-state index is -0.824. The van der Waals surface area contributed by atoms with Crippen molar-refractivity contribution >= 4 is 34.6 Å². The van der Waals surface area contributed by atoms with Gasteiger partial charge in [0.2, 0.25) is 5.76 Å². The number of carbonyl (C=O) groups excluding carboxylic acids is 2. The summed E-state index contributed by atoms with van der Waals surface area (Å²) >= 11 is 6.00. The Bertz CT molecular complexity index is 1060. The number of rotatable bonds is 6. The molecule has 0 amide bonds. The van der Waals surface area contributed by atoms with Crippen LogP contribution in [-0.2, 0) is 14.3 Å². The van der Waals surface area contributed by atoms with E-state index < -0.39 is 11.9 Å². The molecule has 0 unspecified atom stereocenters. The predicted octanol–water partition coefficient (Wildman–Crippen LogP) is 2.39. The Kier molecular flexibility index (Phi) is 5.75. The second-order valence-electron chi connectivity index (χ2n) is 5.28. The largest absolute Gasteiger partial charge is 0.500 e. The molecule has 0 bridgehead atoms. The van der Waals surface area contributed by atoms with Crippen LogP contribution in [0, 0.1) is 0 Å². The van der Waals surface area contributed by atoms with Gasteiger partial charge in [0.15, 0.2) is 0 Å². The maximum atomic E-state index is 12.7. The molecule has 28 heavy (non-hydrogen) atoms. The van der Waals surface area contributed by atoms with Crippen molar-refractivity contribution < 1.29 is 28.6 Å². The third-order valence-corrected chi connectivity index (χ3v) is 3.72. The van der Waals surface area contributed by atoms with Crippen molar-refractivity contribution in [3.63, 3.8) is 0 Å². The van der Waals surface area contributed by atoms with E-state index in [1.165, 1.54) is 32.4 Å². The van der Waals surface area contributed by atoms with Crippen LogP contribution < -0.4 is 9.57 Å². The fourth-order valence-electron chi connectivity index (χ4n) is 2.23. The number of methoxy groups -OCH3 is 2. The van der Waals surface area contributed by atoms with E-state index in [1.807, 2.05) is 0 Å². The second-order valence-corrected chi connectivity index (χ2v) is 5.72. The predicted molar refractivity (Wildman–Crippen MR) is 97.6 cm³/mol. The number of hydrogen-bond donors (Lipinski definition) is 0. The molecular weight excluding hydrogens is 390 g/mol. The third kappa shape index (κ3) is 4.04. The first-order chi connectivity index (χ1) is 13.5. The zero-order valence-electron chi connectivity index (χ0n) is 14.8. The van der Waals surface area contributed by atoms with Crippen molar-refractivity contribution in [3.8, 4) is 5.75 Å². The monoisotopic (exact) mass is 403 g/mol. The maximum Gasteiger partial charge on any atom is 0.377 e. The van der Waals surface area contributed by atoms with Gasteiger partial charge in [-0.1, -0.05) is 28.6 Å². The number of halogens is 1. The van der Waals surface area contributed by atoms with Gasteiger partial charge in [-0.2, -0.15) is 0 Å². The Morgan fingerprint density at radius 2 is 1.93 bits per heavy atom. The SMILES string of the molecule is COC=C(Oc1ccc(Cl)cc1C(=O)On1nnc2ccccc21)C(=O)OC. The molecule has 0 saturated heterocycles. The fraction of sp³-hybridized carbons (Fsp3) is 0.111. The molecule has 0 aliphatic carbocycles. The summed E-state index contributed by atoms with van der Waals surface area (Å²) in [5.41, 5.74) is 1.00. The number of carbonyl (C=O) groups is 2. The first-order valence-corrected chi connectivity index (χ1v) is 8.23. The Hall–Kier alpha value is -3.59. The quantitative estimate of drug-likeness (QED) is 0.267. The highest BCUT2D eigenvalue weighted by Crippen LogP contribution is 2.25. The van der Waals surface area contributed by atoms with Crippen LogP contribution >= 0.6 is 11.6 Å². The van der Waals surface area contributed by atoms with Gasteiger partial charge in [0.05, 0.1) is 14.2 Å². The molecule has 1 heterocycles. The van der Waals surface area contributed by atoms with E-state index in [0.29, 0.717) is 11.0 Å². The number of esters is 1. The van der Waals surface area contributed by atoms with Gasteiger partial charge in [0, 0.05) is 5.02 Å². The first-order valence-electron chi connectivity index (χ1n) is 7.85. The van der Waals surface area contributed by atoms with Crippen LogP contribution in [0.3, 0.4) is 0 Å². The van der Waals surface area contributed by atoms with Gasteiger partial charge < -0.3 is 19.0 Å². The molecule has 0 radical (unpaired) electrons. The zero-order valence-corrected chi connectivity index (χ0v) is 15.5. The molecule has 144 valence electrons. The van der Waals surface area contributed by atoms with Crippen LogP contribution in [-0.4, -0.2) is 41.3 Å². The highest BCUT2D eigenvalue weighted by atomic mass is 35.5. The molecule has 2 aromatic carbocycles. The summed E-state index contributed by atoms with van der Waals surface area (Å²) in [4.78, 5) is 30.7. The van der Waals surface area contributed by atoms with Crippen LogP contribution in [0.2, 0.25) is 5.02 Å². The number of benzene rings is 2. The van der Waals surface area contributed by atoms with Gasteiger partial charge in [-0.25, -0.2) is 9.59 Å². The van der Waals surface area contributed by atoms with Crippen LogP contribution in [0.4, 0.5) is 0 Å². The highest BCUT2D eigenvalue weighted by molar-refractivity contribution is 6.31. The summed E-state index contributed by atoms with van der Waals surface area (Å²) < 4.78 is 14.9. The number of hydrogen-bond acceptors (Lipinski definition) is 8. The lowest BCUT2D eigenvalue weighted by Crippen LogP contribution is -2.22. The van der Waals surface area contributed by atoms with Crippen LogP contribution in [0.15, 0.2) is 54.5 Å². The summed E-state index contributed by atoms with van der Waals surface area (Å²) in [6.45, 7) is 0. The molecule has 0 spiro atoms. The normalized spacial score (nSPS) is 11.2. The number of para-hydroxylation sites is 1. The first kappa shape index (κ1) is 19.2. The lowest BCUT2D eigenvalue weighted by Gasteiger charge is -2.12.